The van der Waals surface area contributed by atoms with Gasteiger partial charge in [0.15, 0.2) is 5.78 Å². The first-order chi connectivity index (χ1) is 8.95. The topological polar surface area (TPSA) is 63.6 Å². The van der Waals surface area contributed by atoms with E-state index >= 15 is 0 Å². The molecule has 1 rings (SSSR count). The highest BCUT2D eigenvalue weighted by atomic mass is 16.5. The molecule has 0 fully saturated rings. The minimum atomic E-state index is -1.14. The van der Waals surface area contributed by atoms with Crippen LogP contribution in [0.25, 0.3) is 0 Å². The summed E-state index contributed by atoms with van der Waals surface area (Å²) in [6.07, 6.45) is 2.73. The summed E-state index contributed by atoms with van der Waals surface area (Å²) in [5.74, 6) is -0.971. The van der Waals surface area contributed by atoms with Crippen LogP contribution in [0, 0.1) is 13.8 Å². The van der Waals surface area contributed by atoms with Gasteiger partial charge in [-0.1, -0.05) is 13.0 Å². The van der Waals surface area contributed by atoms with E-state index in [1.54, 1.807) is 6.07 Å². The van der Waals surface area contributed by atoms with Crippen molar-refractivity contribution in [2.24, 2.45) is 0 Å². The number of benzene rings is 1. The summed E-state index contributed by atoms with van der Waals surface area (Å²) in [5, 5.41) is 8.56. The van der Waals surface area contributed by atoms with Gasteiger partial charge in [0.05, 0.1) is 12.2 Å². The smallest absolute Gasteiger partial charge is 0.328 e. The van der Waals surface area contributed by atoms with E-state index in [1.807, 2.05) is 26.8 Å². The fraction of sp³-hybridized carbons (Fsp3) is 0.333. The first-order valence-corrected chi connectivity index (χ1v) is 6.15. The summed E-state index contributed by atoms with van der Waals surface area (Å²) in [6.45, 7) is 6.26. The van der Waals surface area contributed by atoms with Crippen molar-refractivity contribution in [2.45, 2.75) is 27.2 Å². The highest BCUT2D eigenvalue weighted by Crippen LogP contribution is 2.26. The number of allylic oxidation sites excluding steroid dienone is 1. The van der Waals surface area contributed by atoms with Crippen LogP contribution in [0.3, 0.4) is 0 Å². The third-order valence-electron chi connectivity index (χ3n) is 2.51. The lowest BCUT2D eigenvalue weighted by atomic mass is 10.0. The van der Waals surface area contributed by atoms with Crippen LogP contribution in [0.2, 0.25) is 0 Å². The molecular weight excluding hydrogens is 244 g/mol. The van der Waals surface area contributed by atoms with Gasteiger partial charge in [0.1, 0.15) is 5.75 Å². The summed E-state index contributed by atoms with van der Waals surface area (Å²) in [7, 11) is 0. The van der Waals surface area contributed by atoms with Crippen molar-refractivity contribution >= 4 is 11.8 Å². The van der Waals surface area contributed by atoms with Crippen LogP contribution in [0.1, 0.15) is 34.8 Å². The SMILES string of the molecule is CCCOc1c(C)cc(C)cc1C(=O)/C=C/C(=O)O. The Balaban J connectivity index is 3.16. The van der Waals surface area contributed by atoms with Crippen LogP contribution < -0.4 is 4.74 Å². The normalized spacial score (nSPS) is 10.7. The van der Waals surface area contributed by atoms with Gasteiger partial charge in [0.2, 0.25) is 0 Å². The molecule has 0 radical (unpaired) electrons. The third-order valence-corrected chi connectivity index (χ3v) is 2.51. The minimum absolute atomic E-state index is 0.361. The Bertz CT molecular complexity index is 515. The van der Waals surface area contributed by atoms with Crippen molar-refractivity contribution in [3.63, 3.8) is 0 Å². The van der Waals surface area contributed by atoms with Crippen LogP contribution in [-0.2, 0) is 4.79 Å². The molecule has 0 aromatic heterocycles. The Morgan fingerprint density at radius 1 is 1.26 bits per heavy atom. The molecule has 0 aliphatic rings. The van der Waals surface area contributed by atoms with Gasteiger partial charge < -0.3 is 9.84 Å². The molecule has 0 saturated carbocycles. The molecule has 1 N–H and O–H groups in total. The summed E-state index contributed by atoms with van der Waals surface area (Å²) in [4.78, 5) is 22.5. The largest absolute Gasteiger partial charge is 0.493 e. The molecule has 0 amide bonds. The average Bonchev–Trinajstić information content (AvgIpc) is 2.34. The highest BCUT2D eigenvalue weighted by Gasteiger charge is 2.14. The predicted molar refractivity (Wildman–Crippen MR) is 72.8 cm³/mol. The summed E-state index contributed by atoms with van der Waals surface area (Å²) < 4.78 is 5.60. The molecular formula is C15H18O4. The van der Waals surface area contributed by atoms with Gasteiger partial charge in [-0.25, -0.2) is 4.79 Å². The molecule has 0 saturated heterocycles. The summed E-state index contributed by atoms with van der Waals surface area (Å²) >= 11 is 0. The maximum absolute atomic E-state index is 12.0. The van der Waals surface area contributed by atoms with Crippen molar-refractivity contribution in [2.75, 3.05) is 6.61 Å². The number of carbonyl (C=O) groups is 2. The maximum atomic E-state index is 12.0. The zero-order valence-electron chi connectivity index (χ0n) is 11.4. The molecule has 0 unspecified atom stereocenters. The Labute approximate surface area is 112 Å². The van der Waals surface area contributed by atoms with E-state index in [-0.39, 0.29) is 5.78 Å². The Morgan fingerprint density at radius 3 is 2.53 bits per heavy atom. The summed E-state index contributed by atoms with van der Waals surface area (Å²) in [6, 6.07) is 3.65. The minimum Gasteiger partial charge on any atom is -0.493 e. The lowest BCUT2D eigenvalue weighted by Crippen LogP contribution is -2.06. The van der Waals surface area contributed by atoms with E-state index in [1.165, 1.54) is 0 Å². The fourth-order valence-electron chi connectivity index (χ4n) is 1.77. The Morgan fingerprint density at radius 2 is 1.95 bits per heavy atom. The van der Waals surface area contributed by atoms with E-state index in [0.29, 0.717) is 17.9 Å². The van der Waals surface area contributed by atoms with E-state index in [0.717, 1.165) is 29.7 Å². The van der Waals surface area contributed by atoms with Gasteiger partial charge in [0.25, 0.3) is 0 Å². The van der Waals surface area contributed by atoms with Gasteiger partial charge in [-0.05, 0) is 43.5 Å². The number of ether oxygens (including phenoxy) is 1. The second kappa shape index (κ2) is 6.73. The molecule has 1 aromatic rings. The molecule has 0 heterocycles. The summed E-state index contributed by atoms with van der Waals surface area (Å²) in [5.41, 5.74) is 2.22. The van der Waals surface area contributed by atoms with Gasteiger partial charge in [-0.3, -0.25) is 4.79 Å². The molecule has 0 aliphatic carbocycles. The van der Waals surface area contributed by atoms with Crippen molar-refractivity contribution in [3.8, 4) is 5.75 Å². The maximum Gasteiger partial charge on any atom is 0.328 e. The Hall–Kier alpha value is -2.10. The monoisotopic (exact) mass is 262 g/mol. The van der Waals surface area contributed by atoms with E-state index in [9.17, 15) is 9.59 Å². The van der Waals surface area contributed by atoms with Gasteiger partial charge in [-0.15, -0.1) is 0 Å². The zero-order valence-corrected chi connectivity index (χ0v) is 11.4. The van der Waals surface area contributed by atoms with E-state index < -0.39 is 5.97 Å². The van der Waals surface area contributed by atoms with E-state index in [4.69, 9.17) is 9.84 Å². The lowest BCUT2D eigenvalue weighted by Gasteiger charge is -2.13. The fourth-order valence-corrected chi connectivity index (χ4v) is 1.77. The molecule has 102 valence electrons. The molecule has 4 heteroatoms. The molecule has 0 spiro atoms. The zero-order chi connectivity index (χ0) is 14.4. The van der Waals surface area contributed by atoms with E-state index in [2.05, 4.69) is 0 Å². The van der Waals surface area contributed by atoms with Crippen LogP contribution in [0.15, 0.2) is 24.3 Å². The van der Waals surface area contributed by atoms with Gasteiger partial charge in [0, 0.05) is 6.08 Å². The average molecular weight is 262 g/mol. The number of aliphatic carboxylic acids is 1. The molecule has 4 nitrogen and oxygen atoms in total. The first kappa shape index (κ1) is 15.0. The van der Waals surface area contributed by atoms with Crippen LogP contribution in [0.4, 0.5) is 0 Å². The highest BCUT2D eigenvalue weighted by molar-refractivity contribution is 6.08. The number of carboxylic acids is 1. The number of hydrogen-bond acceptors (Lipinski definition) is 3. The predicted octanol–water partition coefficient (Wildman–Crippen LogP) is 2.92. The van der Waals surface area contributed by atoms with Crippen molar-refractivity contribution in [1.82, 2.24) is 0 Å². The van der Waals surface area contributed by atoms with Gasteiger partial charge >= 0.3 is 5.97 Å². The standard InChI is InChI=1S/C15H18O4/c1-4-7-19-15-11(3)8-10(2)9-12(15)13(16)5-6-14(17)18/h5-6,8-9H,4,7H2,1-3H3,(H,17,18)/b6-5+. The second-order valence-corrected chi connectivity index (χ2v) is 4.34. The van der Waals surface area contributed by atoms with Crippen LogP contribution in [-0.4, -0.2) is 23.5 Å². The third kappa shape index (κ3) is 4.25. The molecule has 0 bridgehead atoms. The molecule has 1 aromatic carbocycles. The molecule has 19 heavy (non-hydrogen) atoms. The number of rotatable bonds is 6. The Kier molecular flexibility index (Phi) is 5.30. The quantitative estimate of drug-likeness (QED) is 0.632. The number of aryl methyl sites for hydroxylation is 2. The van der Waals surface area contributed by atoms with Crippen molar-refractivity contribution < 1.29 is 19.4 Å². The number of hydrogen-bond donors (Lipinski definition) is 1. The van der Waals surface area contributed by atoms with Crippen molar-refractivity contribution in [3.05, 3.63) is 41.0 Å². The van der Waals surface area contributed by atoms with Crippen molar-refractivity contribution in [1.29, 1.82) is 0 Å². The van der Waals surface area contributed by atoms with Gasteiger partial charge in [-0.2, -0.15) is 0 Å². The number of carboxylic acid groups (broad SMARTS) is 1. The second-order valence-electron chi connectivity index (χ2n) is 4.34. The molecule has 0 aliphatic heterocycles. The van der Waals surface area contributed by atoms with Crippen LogP contribution in [0.5, 0.6) is 5.75 Å². The molecule has 0 atom stereocenters. The first-order valence-electron chi connectivity index (χ1n) is 6.15. The number of ketones is 1. The lowest BCUT2D eigenvalue weighted by molar-refractivity contribution is -0.131. The van der Waals surface area contributed by atoms with Crippen LogP contribution >= 0.6 is 0 Å². The number of carbonyl (C=O) groups excluding carboxylic acids is 1.